The van der Waals surface area contributed by atoms with Gasteiger partial charge in [-0.2, -0.15) is 13.2 Å². The van der Waals surface area contributed by atoms with Gasteiger partial charge in [-0.05, 0) is 11.6 Å². The Bertz CT molecular complexity index is 672. The van der Waals surface area contributed by atoms with E-state index in [4.69, 9.17) is 11.6 Å². The number of nitro benzene ring substituents is 1. The van der Waals surface area contributed by atoms with Crippen molar-refractivity contribution < 1.29 is 18.1 Å². The minimum atomic E-state index is -4.71. The molecule has 2 aromatic carbocycles. The van der Waals surface area contributed by atoms with E-state index in [9.17, 15) is 23.3 Å². The highest BCUT2D eigenvalue weighted by atomic mass is 35.5. The molecule has 0 atom stereocenters. The molecule has 0 saturated heterocycles. The van der Waals surface area contributed by atoms with Crippen molar-refractivity contribution in [3.8, 4) is 0 Å². The molecule has 0 fully saturated rings. The number of alkyl halides is 3. The summed E-state index contributed by atoms with van der Waals surface area (Å²) in [6, 6.07) is 9.90. The third kappa shape index (κ3) is 3.52. The number of nitro groups is 1. The Morgan fingerprint density at radius 2 is 1.76 bits per heavy atom. The molecule has 0 heterocycles. The van der Waals surface area contributed by atoms with Crippen molar-refractivity contribution in [3.63, 3.8) is 0 Å². The highest BCUT2D eigenvalue weighted by Gasteiger charge is 2.37. The minimum absolute atomic E-state index is 0.191. The molecule has 2 aromatic rings. The van der Waals surface area contributed by atoms with Gasteiger partial charge in [-0.1, -0.05) is 41.9 Å². The number of rotatable bonds is 3. The summed E-state index contributed by atoms with van der Waals surface area (Å²) in [5.74, 6) is 0. The van der Waals surface area contributed by atoms with Crippen LogP contribution in [0.15, 0.2) is 42.5 Å². The standard InChI is InChI=1S/C14H9ClF3NO2/c15-10-7-12(14(16,17)18)11(13(8-10)19(20)21)6-9-4-2-1-3-5-9/h1-5,7-8H,6H2. The van der Waals surface area contributed by atoms with Crippen molar-refractivity contribution >= 4 is 17.3 Å². The normalized spacial score (nSPS) is 11.4. The van der Waals surface area contributed by atoms with Gasteiger partial charge in [0.25, 0.3) is 5.69 Å². The monoisotopic (exact) mass is 315 g/mol. The molecule has 0 bridgehead atoms. The summed E-state index contributed by atoms with van der Waals surface area (Å²) in [6.07, 6.45) is -4.90. The summed E-state index contributed by atoms with van der Waals surface area (Å²) < 4.78 is 39.3. The van der Waals surface area contributed by atoms with E-state index in [1.54, 1.807) is 30.3 Å². The van der Waals surface area contributed by atoms with Gasteiger partial charge < -0.3 is 0 Å². The van der Waals surface area contributed by atoms with Crippen molar-refractivity contribution in [2.24, 2.45) is 0 Å². The molecule has 0 saturated carbocycles. The van der Waals surface area contributed by atoms with Crippen LogP contribution in [0.2, 0.25) is 5.02 Å². The van der Waals surface area contributed by atoms with Crippen LogP contribution in [-0.2, 0) is 12.6 Å². The largest absolute Gasteiger partial charge is 0.416 e. The maximum Gasteiger partial charge on any atom is 0.416 e. The first-order valence-electron chi connectivity index (χ1n) is 5.87. The molecular formula is C14H9ClF3NO2. The van der Waals surface area contributed by atoms with E-state index >= 15 is 0 Å². The lowest BCUT2D eigenvalue weighted by Gasteiger charge is -2.14. The summed E-state index contributed by atoms with van der Waals surface area (Å²) in [6.45, 7) is 0. The van der Waals surface area contributed by atoms with Gasteiger partial charge in [0.1, 0.15) is 0 Å². The van der Waals surface area contributed by atoms with Crippen LogP contribution in [0.3, 0.4) is 0 Å². The lowest BCUT2D eigenvalue weighted by Crippen LogP contribution is -2.12. The number of hydrogen-bond donors (Lipinski definition) is 0. The average molecular weight is 316 g/mol. The third-order valence-corrected chi connectivity index (χ3v) is 3.14. The topological polar surface area (TPSA) is 43.1 Å². The Hall–Kier alpha value is -2.08. The van der Waals surface area contributed by atoms with Crippen LogP contribution in [0.1, 0.15) is 16.7 Å². The Kier molecular flexibility index (Phi) is 4.18. The molecule has 0 aromatic heterocycles. The first kappa shape index (κ1) is 15.3. The van der Waals surface area contributed by atoms with Crippen molar-refractivity contribution in [3.05, 3.63) is 74.3 Å². The molecule has 110 valence electrons. The molecule has 2 rings (SSSR count). The Morgan fingerprint density at radius 3 is 2.29 bits per heavy atom. The summed E-state index contributed by atoms with van der Waals surface area (Å²) in [5, 5.41) is 10.7. The Morgan fingerprint density at radius 1 is 1.14 bits per heavy atom. The van der Waals surface area contributed by atoms with Crippen molar-refractivity contribution in [2.45, 2.75) is 12.6 Å². The maximum atomic E-state index is 13.1. The van der Waals surface area contributed by atoms with Crippen LogP contribution in [-0.4, -0.2) is 4.92 Å². The quantitative estimate of drug-likeness (QED) is 0.600. The van der Waals surface area contributed by atoms with Gasteiger partial charge in [0, 0.05) is 23.1 Å². The first-order valence-corrected chi connectivity index (χ1v) is 6.25. The molecule has 0 N–H and O–H groups in total. The molecule has 0 radical (unpaired) electrons. The summed E-state index contributed by atoms with van der Waals surface area (Å²) >= 11 is 5.57. The SMILES string of the molecule is O=[N+]([O-])c1cc(Cl)cc(C(F)(F)F)c1Cc1ccccc1. The van der Waals surface area contributed by atoms with Gasteiger partial charge >= 0.3 is 6.18 Å². The minimum Gasteiger partial charge on any atom is -0.258 e. The number of hydrogen-bond acceptors (Lipinski definition) is 2. The van der Waals surface area contributed by atoms with Crippen LogP contribution < -0.4 is 0 Å². The summed E-state index contributed by atoms with van der Waals surface area (Å²) in [5.41, 5.74) is -1.54. The van der Waals surface area contributed by atoms with Crippen LogP contribution in [0.4, 0.5) is 18.9 Å². The van der Waals surface area contributed by atoms with Crippen LogP contribution in [0, 0.1) is 10.1 Å². The molecule has 0 spiro atoms. The molecule has 3 nitrogen and oxygen atoms in total. The van der Waals surface area contributed by atoms with Gasteiger partial charge in [0.2, 0.25) is 0 Å². The number of benzene rings is 2. The number of halogens is 4. The highest BCUT2D eigenvalue weighted by Crippen LogP contribution is 2.39. The van der Waals surface area contributed by atoms with Crippen LogP contribution in [0.25, 0.3) is 0 Å². The molecule has 0 aliphatic heterocycles. The molecule has 0 unspecified atom stereocenters. The predicted molar refractivity (Wildman–Crippen MR) is 72.4 cm³/mol. The van der Waals surface area contributed by atoms with E-state index in [0.29, 0.717) is 11.6 Å². The fourth-order valence-electron chi connectivity index (χ4n) is 2.02. The second kappa shape index (κ2) is 5.73. The van der Waals surface area contributed by atoms with E-state index in [1.165, 1.54) is 0 Å². The van der Waals surface area contributed by atoms with E-state index in [0.717, 1.165) is 6.07 Å². The zero-order chi connectivity index (χ0) is 15.6. The molecule has 0 amide bonds. The van der Waals surface area contributed by atoms with Crippen LogP contribution in [0.5, 0.6) is 0 Å². The zero-order valence-corrected chi connectivity index (χ0v) is 11.3. The number of nitrogens with zero attached hydrogens (tertiary/aromatic N) is 1. The Balaban J connectivity index is 2.63. The smallest absolute Gasteiger partial charge is 0.258 e. The Labute approximate surface area is 123 Å². The molecule has 0 aliphatic rings. The lowest BCUT2D eigenvalue weighted by atomic mass is 9.97. The second-order valence-electron chi connectivity index (χ2n) is 4.37. The first-order chi connectivity index (χ1) is 9.79. The van der Waals surface area contributed by atoms with E-state index in [-0.39, 0.29) is 17.0 Å². The van der Waals surface area contributed by atoms with Crippen molar-refractivity contribution in [1.29, 1.82) is 0 Å². The van der Waals surface area contributed by atoms with Gasteiger partial charge in [-0.15, -0.1) is 0 Å². The zero-order valence-electron chi connectivity index (χ0n) is 10.5. The predicted octanol–water partition coefficient (Wildman–Crippen LogP) is 4.86. The molecule has 0 aliphatic carbocycles. The van der Waals surface area contributed by atoms with E-state index in [2.05, 4.69) is 0 Å². The van der Waals surface area contributed by atoms with Crippen LogP contribution >= 0.6 is 11.6 Å². The van der Waals surface area contributed by atoms with Gasteiger partial charge in [-0.25, -0.2) is 0 Å². The van der Waals surface area contributed by atoms with Gasteiger partial charge in [-0.3, -0.25) is 10.1 Å². The average Bonchev–Trinajstić information content (AvgIpc) is 2.40. The highest BCUT2D eigenvalue weighted by molar-refractivity contribution is 6.30. The fraction of sp³-hybridized carbons (Fsp3) is 0.143. The van der Waals surface area contributed by atoms with Crippen molar-refractivity contribution in [1.82, 2.24) is 0 Å². The molecule has 7 heteroatoms. The lowest BCUT2D eigenvalue weighted by molar-refractivity contribution is -0.385. The van der Waals surface area contributed by atoms with Gasteiger partial charge in [0.05, 0.1) is 10.5 Å². The van der Waals surface area contributed by atoms with E-state index in [1.807, 2.05) is 0 Å². The maximum absolute atomic E-state index is 13.1. The van der Waals surface area contributed by atoms with Gasteiger partial charge in [0.15, 0.2) is 0 Å². The summed E-state index contributed by atoms with van der Waals surface area (Å²) in [4.78, 5) is 10.2. The fourth-order valence-corrected chi connectivity index (χ4v) is 2.24. The summed E-state index contributed by atoms with van der Waals surface area (Å²) in [7, 11) is 0. The molecular weight excluding hydrogens is 307 g/mol. The third-order valence-electron chi connectivity index (χ3n) is 2.92. The second-order valence-corrected chi connectivity index (χ2v) is 4.80. The molecule has 21 heavy (non-hydrogen) atoms. The van der Waals surface area contributed by atoms with Crippen molar-refractivity contribution in [2.75, 3.05) is 0 Å². The van der Waals surface area contributed by atoms with E-state index < -0.39 is 22.4 Å².